The van der Waals surface area contributed by atoms with Crippen molar-refractivity contribution in [1.82, 2.24) is 4.90 Å². The normalized spacial score (nSPS) is 16.2. The number of rotatable bonds is 4. The van der Waals surface area contributed by atoms with Gasteiger partial charge in [0.2, 0.25) is 5.76 Å². The monoisotopic (exact) mass is 347 g/mol. The van der Waals surface area contributed by atoms with Crippen LogP contribution in [0.3, 0.4) is 0 Å². The first-order valence-corrected chi connectivity index (χ1v) is 7.78. The minimum absolute atomic E-state index is 0.0149. The maximum Gasteiger partial charge on any atom is 0.373 e. The van der Waals surface area contributed by atoms with E-state index in [2.05, 4.69) is 4.74 Å². The summed E-state index contributed by atoms with van der Waals surface area (Å²) in [6.45, 7) is 1.73. The number of imide groups is 1. The number of methoxy groups -OCH3 is 1. The third-order valence-corrected chi connectivity index (χ3v) is 4.18. The third kappa shape index (κ3) is 3.13. The van der Waals surface area contributed by atoms with Gasteiger partial charge in [-0.15, -0.1) is 0 Å². The summed E-state index contributed by atoms with van der Waals surface area (Å²) < 4.78 is 15.2. The van der Waals surface area contributed by atoms with Gasteiger partial charge in [0.05, 0.1) is 18.6 Å². The van der Waals surface area contributed by atoms with E-state index in [1.807, 2.05) is 0 Å². The number of amides is 2. The van der Waals surface area contributed by atoms with Crippen LogP contribution in [0.15, 0.2) is 38.0 Å². The zero-order chi connectivity index (χ0) is 17.3. The van der Waals surface area contributed by atoms with Crippen molar-refractivity contribution in [2.75, 3.05) is 7.11 Å². The molecule has 24 heavy (non-hydrogen) atoms. The second kappa shape index (κ2) is 6.40. The second-order valence-electron chi connectivity index (χ2n) is 4.97. The molecule has 2 aromatic heterocycles. The predicted octanol–water partition coefficient (Wildman–Crippen LogP) is 3.20. The number of hydrogen-bond acceptors (Lipinski definition) is 7. The molecule has 7 nitrogen and oxygen atoms in total. The van der Waals surface area contributed by atoms with Crippen LogP contribution in [-0.4, -0.2) is 29.1 Å². The molecule has 3 heterocycles. The van der Waals surface area contributed by atoms with Crippen LogP contribution in [0.25, 0.3) is 6.08 Å². The highest BCUT2D eigenvalue weighted by atomic mass is 32.2. The van der Waals surface area contributed by atoms with Crippen LogP contribution in [0.4, 0.5) is 4.79 Å². The van der Waals surface area contributed by atoms with Gasteiger partial charge in [-0.1, -0.05) is 0 Å². The zero-order valence-corrected chi connectivity index (χ0v) is 13.7. The van der Waals surface area contributed by atoms with Gasteiger partial charge in [-0.3, -0.25) is 14.5 Å². The Morgan fingerprint density at radius 3 is 2.71 bits per heavy atom. The molecular formula is C16H13NO6S. The lowest BCUT2D eigenvalue weighted by Crippen LogP contribution is -2.27. The van der Waals surface area contributed by atoms with Crippen molar-refractivity contribution < 1.29 is 28.0 Å². The molecule has 1 saturated heterocycles. The van der Waals surface area contributed by atoms with E-state index < -0.39 is 17.1 Å². The standard InChI is InChI=1S/C16H13NO6S/c1-9-3-4-10(22-9)7-13-14(18)17(16(20)24-13)8-11-5-6-12(23-11)15(19)21-2/h3-7H,8H2,1-2H3. The highest BCUT2D eigenvalue weighted by Gasteiger charge is 2.36. The largest absolute Gasteiger partial charge is 0.463 e. The minimum atomic E-state index is -0.622. The van der Waals surface area contributed by atoms with Crippen molar-refractivity contribution in [3.05, 3.63) is 52.2 Å². The average molecular weight is 347 g/mol. The lowest BCUT2D eigenvalue weighted by molar-refractivity contribution is -0.123. The number of furan rings is 2. The van der Waals surface area contributed by atoms with Gasteiger partial charge in [0.25, 0.3) is 11.1 Å². The van der Waals surface area contributed by atoms with E-state index in [9.17, 15) is 14.4 Å². The van der Waals surface area contributed by atoms with Crippen molar-refractivity contribution in [2.45, 2.75) is 13.5 Å². The molecule has 0 aliphatic carbocycles. The molecule has 1 aliphatic rings. The maximum atomic E-state index is 12.4. The summed E-state index contributed by atoms with van der Waals surface area (Å²) in [6.07, 6.45) is 1.53. The van der Waals surface area contributed by atoms with Crippen LogP contribution in [-0.2, 0) is 16.1 Å². The molecule has 0 N–H and O–H groups in total. The number of aryl methyl sites for hydroxylation is 1. The number of thioether (sulfide) groups is 1. The van der Waals surface area contributed by atoms with Crippen LogP contribution in [0.1, 0.15) is 27.8 Å². The number of hydrogen-bond donors (Lipinski definition) is 0. The smallest absolute Gasteiger partial charge is 0.373 e. The molecule has 8 heteroatoms. The number of carbonyl (C=O) groups is 3. The summed E-state index contributed by atoms with van der Waals surface area (Å²) >= 11 is 0.828. The fraction of sp³-hybridized carbons (Fsp3) is 0.188. The molecular weight excluding hydrogens is 334 g/mol. The van der Waals surface area contributed by atoms with E-state index >= 15 is 0 Å². The Morgan fingerprint density at radius 1 is 1.25 bits per heavy atom. The van der Waals surface area contributed by atoms with Crippen LogP contribution in [0, 0.1) is 6.92 Å². The van der Waals surface area contributed by atoms with Crippen molar-refractivity contribution in [3.8, 4) is 0 Å². The van der Waals surface area contributed by atoms with Gasteiger partial charge in [0, 0.05) is 6.08 Å². The van der Waals surface area contributed by atoms with Crippen molar-refractivity contribution in [2.24, 2.45) is 0 Å². The number of nitrogens with zero attached hydrogens (tertiary/aromatic N) is 1. The highest BCUT2D eigenvalue weighted by molar-refractivity contribution is 8.18. The van der Waals surface area contributed by atoms with Crippen molar-refractivity contribution in [1.29, 1.82) is 0 Å². The molecule has 2 aromatic rings. The third-order valence-electron chi connectivity index (χ3n) is 3.27. The van der Waals surface area contributed by atoms with E-state index in [0.29, 0.717) is 17.3 Å². The first-order chi connectivity index (χ1) is 11.5. The summed E-state index contributed by atoms with van der Waals surface area (Å²) in [4.78, 5) is 37.1. The topological polar surface area (TPSA) is 90.0 Å². The predicted molar refractivity (Wildman–Crippen MR) is 85.0 cm³/mol. The SMILES string of the molecule is COC(=O)c1ccc(CN2C(=O)SC(=Cc3ccc(C)o3)C2=O)o1. The fourth-order valence-corrected chi connectivity index (χ4v) is 2.94. The van der Waals surface area contributed by atoms with Gasteiger partial charge in [0.15, 0.2) is 0 Å². The van der Waals surface area contributed by atoms with Gasteiger partial charge in [-0.2, -0.15) is 0 Å². The van der Waals surface area contributed by atoms with Gasteiger partial charge in [0.1, 0.15) is 17.3 Å². The molecule has 0 radical (unpaired) electrons. The van der Waals surface area contributed by atoms with Crippen LogP contribution in [0.5, 0.6) is 0 Å². The van der Waals surface area contributed by atoms with Gasteiger partial charge in [-0.05, 0) is 43.0 Å². The molecule has 0 atom stereocenters. The molecule has 0 spiro atoms. The Bertz CT molecular complexity index is 846. The first-order valence-electron chi connectivity index (χ1n) is 6.97. The van der Waals surface area contributed by atoms with Gasteiger partial charge in [-0.25, -0.2) is 4.79 Å². The molecule has 3 rings (SSSR count). The fourth-order valence-electron chi connectivity index (χ4n) is 2.13. The van der Waals surface area contributed by atoms with Crippen molar-refractivity contribution >= 4 is 35.0 Å². The van der Waals surface area contributed by atoms with E-state index in [1.54, 1.807) is 19.1 Å². The molecule has 0 unspecified atom stereocenters. The number of ether oxygens (including phenoxy) is 1. The van der Waals surface area contributed by atoms with Crippen LogP contribution >= 0.6 is 11.8 Å². The van der Waals surface area contributed by atoms with Gasteiger partial charge >= 0.3 is 5.97 Å². The quantitative estimate of drug-likeness (QED) is 0.619. The van der Waals surface area contributed by atoms with Crippen LogP contribution in [0.2, 0.25) is 0 Å². The number of esters is 1. The van der Waals surface area contributed by atoms with E-state index in [4.69, 9.17) is 8.83 Å². The summed E-state index contributed by atoms with van der Waals surface area (Å²) in [7, 11) is 1.24. The highest BCUT2D eigenvalue weighted by Crippen LogP contribution is 2.33. The number of carbonyl (C=O) groups excluding carboxylic acids is 3. The Balaban J connectivity index is 1.76. The first kappa shape index (κ1) is 16.1. The lowest BCUT2D eigenvalue weighted by Gasteiger charge is -2.09. The Hall–Kier alpha value is -2.74. The molecule has 1 fully saturated rings. The summed E-state index contributed by atoms with van der Waals surface area (Å²) in [5.41, 5.74) is 0. The Morgan fingerprint density at radius 2 is 2.04 bits per heavy atom. The van der Waals surface area contributed by atoms with E-state index in [0.717, 1.165) is 16.7 Å². The Kier molecular flexibility index (Phi) is 4.30. The molecule has 1 aliphatic heterocycles. The molecule has 0 saturated carbocycles. The maximum absolute atomic E-state index is 12.4. The zero-order valence-electron chi connectivity index (χ0n) is 12.9. The molecule has 0 bridgehead atoms. The van der Waals surface area contributed by atoms with E-state index in [1.165, 1.54) is 25.3 Å². The lowest BCUT2D eigenvalue weighted by atomic mass is 10.3. The molecule has 2 amide bonds. The Labute approximate surface area is 141 Å². The molecule has 0 aromatic carbocycles. The average Bonchev–Trinajstić information content (AvgIpc) is 3.24. The van der Waals surface area contributed by atoms with Crippen molar-refractivity contribution in [3.63, 3.8) is 0 Å². The van der Waals surface area contributed by atoms with Crippen LogP contribution < -0.4 is 0 Å². The van der Waals surface area contributed by atoms with Gasteiger partial charge < -0.3 is 13.6 Å². The summed E-state index contributed by atoms with van der Waals surface area (Å²) in [6, 6.07) is 6.45. The second-order valence-corrected chi connectivity index (χ2v) is 5.97. The summed E-state index contributed by atoms with van der Waals surface area (Å²) in [5, 5.41) is -0.412. The molecule has 124 valence electrons. The van der Waals surface area contributed by atoms with E-state index in [-0.39, 0.29) is 17.2 Å². The minimum Gasteiger partial charge on any atom is -0.463 e. The summed E-state index contributed by atoms with van der Waals surface area (Å²) in [5.74, 6) is 0.489.